The predicted octanol–water partition coefficient (Wildman–Crippen LogP) is 1.43. The van der Waals surface area contributed by atoms with Gasteiger partial charge in [0, 0.05) is 12.6 Å². The monoisotopic (exact) mass is 254 g/mol. The Morgan fingerprint density at radius 2 is 2.11 bits per heavy atom. The number of hydrogen-bond donors (Lipinski definition) is 1. The molecule has 0 aromatic carbocycles. The van der Waals surface area contributed by atoms with Gasteiger partial charge in [-0.3, -0.25) is 4.90 Å². The molecule has 1 rings (SSSR count). The zero-order chi connectivity index (χ0) is 13.2. The van der Waals surface area contributed by atoms with Crippen molar-refractivity contribution < 1.29 is 9.53 Å². The van der Waals surface area contributed by atoms with Crippen LogP contribution in [0.5, 0.6) is 0 Å². The molecule has 4 nitrogen and oxygen atoms in total. The Labute approximate surface area is 110 Å². The first-order valence-electron chi connectivity index (χ1n) is 7.02. The number of carbonyl (C=O) groups is 1. The van der Waals surface area contributed by atoms with Gasteiger partial charge in [0.25, 0.3) is 0 Å². The quantitative estimate of drug-likeness (QED) is 0.551. The molecule has 4 heteroatoms. The summed E-state index contributed by atoms with van der Waals surface area (Å²) in [5.74, 6) is 0.578. The average Bonchev–Trinajstić information content (AvgIpc) is 2.38. The molecular formula is C14H26N2O2. The van der Waals surface area contributed by atoms with Crippen LogP contribution in [0.3, 0.4) is 0 Å². The Morgan fingerprint density at radius 1 is 1.39 bits per heavy atom. The summed E-state index contributed by atoms with van der Waals surface area (Å²) < 4.78 is 4.84. The van der Waals surface area contributed by atoms with Crippen molar-refractivity contribution in [1.29, 1.82) is 0 Å². The summed E-state index contributed by atoms with van der Waals surface area (Å²) in [5.41, 5.74) is 0. The molecule has 0 atom stereocenters. The summed E-state index contributed by atoms with van der Waals surface area (Å²) in [6.07, 6.45) is 5.94. The number of nitrogens with one attached hydrogen (secondary N) is 1. The van der Waals surface area contributed by atoms with E-state index in [1.165, 1.54) is 18.9 Å². The lowest BCUT2D eigenvalue weighted by Crippen LogP contribution is -2.37. The minimum absolute atomic E-state index is 0.237. The van der Waals surface area contributed by atoms with Crippen LogP contribution < -0.4 is 5.32 Å². The first-order chi connectivity index (χ1) is 8.76. The van der Waals surface area contributed by atoms with Crippen LogP contribution in [0.4, 0.5) is 0 Å². The first kappa shape index (κ1) is 15.2. The van der Waals surface area contributed by atoms with Crippen molar-refractivity contribution in [3.8, 4) is 0 Å². The summed E-state index contributed by atoms with van der Waals surface area (Å²) in [6, 6.07) is 0. The Balaban J connectivity index is 2.13. The standard InChI is InChI=1S/C14H26N2O2/c1-3-15-12-13-7-10-16(11-8-13)9-5-6-14(17)18-4-2/h5-6,13,15H,3-4,7-12H2,1-2H3/b6-5+. The maximum absolute atomic E-state index is 11.1. The number of rotatable bonds is 7. The van der Waals surface area contributed by atoms with Gasteiger partial charge in [0.1, 0.15) is 0 Å². The van der Waals surface area contributed by atoms with E-state index in [1.807, 2.05) is 13.0 Å². The molecule has 18 heavy (non-hydrogen) atoms. The number of hydrogen-bond acceptors (Lipinski definition) is 4. The van der Waals surface area contributed by atoms with Gasteiger partial charge in [0.05, 0.1) is 6.61 Å². The van der Waals surface area contributed by atoms with Crippen molar-refractivity contribution in [2.24, 2.45) is 5.92 Å². The normalized spacial score (nSPS) is 18.3. The summed E-state index contributed by atoms with van der Waals surface area (Å²) in [6.45, 7) is 9.72. The molecule has 1 aliphatic rings. The average molecular weight is 254 g/mol. The molecule has 0 amide bonds. The third-order valence-electron chi connectivity index (χ3n) is 3.29. The van der Waals surface area contributed by atoms with Crippen LogP contribution in [-0.4, -0.2) is 50.2 Å². The fourth-order valence-electron chi connectivity index (χ4n) is 2.21. The molecule has 0 bridgehead atoms. The molecule has 0 radical (unpaired) electrons. The highest BCUT2D eigenvalue weighted by molar-refractivity contribution is 5.81. The Morgan fingerprint density at radius 3 is 2.72 bits per heavy atom. The van der Waals surface area contributed by atoms with Crippen LogP contribution in [-0.2, 0) is 9.53 Å². The van der Waals surface area contributed by atoms with E-state index in [0.29, 0.717) is 6.61 Å². The van der Waals surface area contributed by atoms with Gasteiger partial charge in [0.2, 0.25) is 0 Å². The highest BCUT2D eigenvalue weighted by Crippen LogP contribution is 2.15. The van der Waals surface area contributed by atoms with Gasteiger partial charge in [-0.05, 0) is 51.9 Å². The third-order valence-corrected chi connectivity index (χ3v) is 3.29. The number of piperidine rings is 1. The van der Waals surface area contributed by atoms with Crippen molar-refractivity contribution in [2.75, 3.05) is 39.3 Å². The molecule has 0 aromatic rings. The summed E-state index contributed by atoms with van der Waals surface area (Å²) >= 11 is 0. The molecule has 0 aliphatic carbocycles. The van der Waals surface area contributed by atoms with Crippen molar-refractivity contribution in [1.82, 2.24) is 10.2 Å². The minimum Gasteiger partial charge on any atom is -0.463 e. The van der Waals surface area contributed by atoms with Gasteiger partial charge in [0.15, 0.2) is 0 Å². The van der Waals surface area contributed by atoms with Gasteiger partial charge in [-0.25, -0.2) is 4.79 Å². The van der Waals surface area contributed by atoms with Crippen LogP contribution in [0.25, 0.3) is 0 Å². The topological polar surface area (TPSA) is 41.6 Å². The van der Waals surface area contributed by atoms with Crippen LogP contribution in [0.15, 0.2) is 12.2 Å². The lowest BCUT2D eigenvalue weighted by molar-refractivity contribution is -0.137. The van der Waals surface area contributed by atoms with E-state index in [0.717, 1.165) is 38.6 Å². The number of ether oxygens (including phenoxy) is 1. The molecule has 1 N–H and O–H groups in total. The van der Waals surface area contributed by atoms with E-state index in [4.69, 9.17) is 4.74 Å². The van der Waals surface area contributed by atoms with Gasteiger partial charge in [-0.2, -0.15) is 0 Å². The Hall–Kier alpha value is -0.870. The number of carbonyl (C=O) groups excluding carboxylic acids is 1. The fourth-order valence-corrected chi connectivity index (χ4v) is 2.21. The second-order valence-electron chi connectivity index (χ2n) is 4.71. The summed E-state index contributed by atoms with van der Waals surface area (Å²) in [5, 5.41) is 3.41. The maximum Gasteiger partial charge on any atom is 0.330 e. The lowest BCUT2D eigenvalue weighted by atomic mass is 9.97. The highest BCUT2D eigenvalue weighted by atomic mass is 16.5. The smallest absolute Gasteiger partial charge is 0.330 e. The molecule has 1 fully saturated rings. The zero-order valence-electron chi connectivity index (χ0n) is 11.7. The third kappa shape index (κ3) is 6.17. The maximum atomic E-state index is 11.1. The second kappa shape index (κ2) is 9.11. The number of esters is 1. The van der Waals surface area contributed by atoms with Crippen molar-refractivity contribution in [3.05, 3.63) is 12.2 Å². The van der Waals surface area contributed by atoms with Crippen LogP contribution in [0.1, 0.15) is 26.7 Å². The van der Waals surface area contributed by atoms with Gasteiger partial charge < -0.3 is 10.1 Å². The number of nitrogens with zero attached hydrogens (tertiary/aromatic N) is 1. The van der Waals surface area contributed by atoms with E-state index in [1.54, 1.807) is 0 Å². The van der Waals surface area contributed by atoms with E-state index in [2.05, 4.69) is 17.1 Å². The second-order valence-corrected chi connectivity index (χ2v) is 4.71. The van der Waals surface area contributed by atoms with Crippen molar-refractivity contribution in [2.45, 2.75) is 26.7 Å². The van der Waals surface area contributed by atoms with E-state index in [9.17, 15) is 4.79 Å². The van der Waals surface area contributed by atoms with Gasteiger partial charge in [-0.1, -0.05) is 13.0 Å². The molecular weight excluding hydrogens is 228 g/mol. The predicted molar refractivity (Wildman–Crippen MR) is 73.5 cm³/mol. The van der Waals surface area contributed by atoms with Gasteiger partial charge in [-0.15, -0.1) is 0 Å². The lowest BCUT2D eigenvalue weighted by Gasteiger charge is -2.31. The molecule has 104 valence electrons. The summed E-state index contributed by atoms with van der Waals surface area (Å²) in [7, 11) is 0. The molecule has 0 unspecified atom stereocenters. The summed E-state index contributed by atoms with van der Waals surface area (Å²) in [4.78, 5) is 13.5. The molecule has 1 aliphatic heterocycles. The SMILES string of the molecule is CCNCC1CCN(C/C=C/C(=O)OCC)CC1. The van der Waals surface area contributed by atoms with E-state index in [-0.39, 0.29) is 5.97 Å². The zero-order valence-corrected chi connectivity index (χ0v) is 11.7. The molecule has 0 spiro atoms. The van der Waals surface area contributed by atoms with E-state index >= 15 is 0 Å². The van der Waals surface area contributed by atoms with Crippen LogP contribution in [0, 0.1) is 5.92 Å². The van der Waals surface area contributed by atoms with Crippen molar-refractivity contribution in [3.63, 3.8) is 0 Å². The molecule has 1 heterocycles. The number of likely N-dealkylation sites (tertiary alicyclic amines) is 1. The van der Waals surface area contributed by atoms with E-state index < -0.39 is 0 Å². The Kier molecular flexibility index (Phi) is 7.69. The highest BCUT2D eigenvalue weighted by Gasteiger charge is 2.17. The minimum atomic E-state index is -0.237. The largest absolute Gasteiger partial charge is 0.463 e. The van der Waals surface area contributed by atoms with Crippen LogP contribution in [0.2, 0.25) is 0 Å². The Bertz CT molecular complexity index is 259. The van der Waals surface area contributed by atoms with Crippen molar-refractivity contribution >= 4 is 5.97 Å². The van der Waals surface area contributed by atoms with Gasteiger partial charge >= 0.3 is 5.97 Å². The first-order valence-corrected chi connectivity index (χ1v) is 7.02. The molecule has 0 aromatic heterocycles. The van der Waals surface area contributed by atoms with Crippen LogP contribution >= 0.6 is 0 Å². The molecule has 0 saturated carbocycles. The fraction of sp³-hybridized carbons (Fsp3) is 0.786. The molecule has 1 saturated heterocycles.